The summed E-state index contributed by atoms with van der Waals surface area (Å²) in [6, 6.07) is 65.1. The first-order valence-electron chi connectivity index (χ1n) is 16.9. The topological polar surface area (TPSA) is 33.6 Å². The Morgan fingerprint density at radius 1 is 0.380 bits per heavy atom. The average molecular weight is 636 g/mol. The van der Waals surface area contributed by atoms with Gasteiger partial charge in [0.05, 0.1) is 33.7 Å². The number of benzene rings is 8. The fraction of sp³-hybridized carbons (Fsp3) is 0. The summed E-state index contributed by atoms with van der Waals surface area (Å²) in [4.78, 5) is 0. The summed E-state index contributed by atoms with van der Waals surface area (Å²) >= 11 is 0. The quantitative estimate of drug-likeness (QED) is 0.189. The van der Waals surface area contributed by atoms with Crippen molar-refractivity contribution in [2.75, 3.05) is 0 Å². The Balaban J connectivity index is 1.14. The molecule has 0 radical (unpaired) electrons. The van der Waals surface area contributed by atoms with Crippen LogP contribution < -0.4 is 0 Å². The predicted octanol–water partition coefficient (Wildman–Crippen LogP) is 12.2. The highest BCUT2D eigenvalue weighted by molar-refractivity contribution is 6.17. The largest absolute Gasteiger partial charge is 0.309 e. The molecule has 3 nitrogen and oxygen atoms in total. The minimum Gasteiger partial charge on any atom is -0.309 e. The summed E-state index contributed by atoms with van der Waals surface area (Å²) in [6.45, 7) is 0. The normalized spacial score (nSPS) is 11.6. The van der Waals surface area contributed by atoms with Crippen LogP contribution in [-0.2, 0) is 0 Å². The Hall–Kier alpha value is -6.89. The number of hydrogen-bond acceptors (Lipinski definition) is 1. The van der Waals surface area contributed by atoms with Crippen LogP contribution in [0.5, 0.6) is 0 Å². The van der Waals surface area contributed by atoms with Gasteiger partial charge in [-0.15, -0.1) is 0 Å². The van der Waals surface area contributed by atoms with Crippen molar-refractivity contribution in [2.24, 2.45) is 0 Å². The monoisotopic (exact) mass is 635 g/mol. The number of aromatic nitrogens is 2. The summed E-state index contributed by atoms with van der Waals surface area (Å²) < 4.78 is 4.77. The molecule has 0 bridgehead atoms. The molecule has 0 saturated carbocycles. The van der Waals surface area contributed by atoms with Gasteiger partial charge in [-0.2, -0.15) is 5.26 Å². The van der Waals surface area contributed by atoms with E-state index in [2.05, 4.69) is 167 Å². The second-order valence-electron chi connectivity index (χ2n) is 12.9. The fourth-order valence-corrected chi connectivity index (χ4v) is 7.82. The molecule has 0 saturated heterocycles. The zero-order valence-corrected chi connectivity index (χ0v) is 27.1. The van der Waals surface area contributed by atoms with Crippen LogP contribution in [0, 0.1) is 11.3 Å². The summed E-state index contributed by atoms with van der Waals surface area (Å²) in [5, 5.41) is 16.6. The molecule has 0 N–H and O–H groups in total. The van der Waals surface area contributed by atoms with Gasteiger partial charge in [0.1, 0.15) is 0 Å². The van der Waals surface area contributed by atoms with Crippen LogP contribution in [0.25, 0.3) is 88.0 Å². The third kappa shape index (κ3) is 4.29. The molecule has 3 heteroatoms. The van der Waals surface area contributed by atoms with E-state index in [-0.39, 0.29) is 0 Å². The first-order chi connectivity index (χ1) is 24.7. The summed E-state index contributed by atoms with van der Waals surface area (Å²) in [5.41, 5.74) is 12.4. The minimum absolute atomic E-state index is 0.671. The van der Waals surface area contributed by atoms with Gasteiger partial charge in [-0.3, -0.25) is 0 Å². The molecule has 0 atom stereocenters. The molecule has 2 aromatic heterocycles. The lowest BCUT2D eigenvalue weighted by molar-refractivity contribution is 1.18. The maximum absolute atomic E-state index is 9.20. The standard InChI is InChI=1S/C47H29N3/c48-30-31-17-19-32(20-18-31)33-21-22-35-28-38(25-23-34(35)27-33)50-43-14-6-4-11-40(43)42-29-36(24-26-45(42)50)39-13-8-16-46-47(39)41-12-5-7-15-44(41)49(46)37-9-2-1-3-10-37/h1-29H. The number of rotatable bonds is 4. The van der Waals surface area contributed by atoms with Crippen molar-refractivity contribution in [1.29, 1.82) is 5.26 Å². The smallest absolute Gasteiger partial charge is 0.0991 e. The first kappa shape index (κ1) is 28.2. The number of fused-ring (bicyclic) bond motifs is 7. The van der Waals surface area contributed by atoms with Gasteiger partial charge in [0.25, 0.3) is 0 Å². The molecule has 50 heavy (non-hydrogen) atoms. The van der Waals surface area contributed by atoms with Crippen molar-refractivity contribution in [1.82, 2.24) is 9.13 Å². The second kappa shape index (κ2) is 11.1. The molecule has 0 unspecified atom stereocenters. The van der Waals surface area contributed by atoms with Gasteiger partial charge < -0.3 is 9.13 Å². The molecule has 232 valence electrons. The van der Waals surface area contributed by atoms with Crippen LogP contribution in [0.1, 0.15) is 5.56 Å². The SMILES string of the molecule is N#Cc1ccc(-c2ccc3cc(-n4c5ccccc5c5cc(-c6cccc7c6c6ccccc6n7-c6ccccc6)ccc54)ccc3c2)cc1. The van der Waals surface area contributed by atoms with Crippen molar-refractivity contribution < 1.29 is 0 Å². The molecule has 0 aliphatic heterocycles. The van der Waals surface area contributed by atoms with Crippen molar-refractivity contribution in [3.8, 4) is 39.7 Å². The van der Waals surface area contributed by atoms with Gasteiger partial charge in [-0.1, -0.05) is 103 Å². The van der Waals surface area contributed by atoms with E-state index in [0.717, 1.165) is 22.5 Å². The molecule has 0 aliphatic carbocycles. The third-order valence-corrected chi connectivity index (χ3v) is 10.1. The maximum atomic E-state index is 9.20. The first-order valence-corrected chi connectivity index (χ1v) is 16.9. The van der Waals surface area contributed by atoms with Gasteiger partial charge in [0.15, 0.2) is 0 Å². The molecule has 10 aromatic rings. The van der Waals surface area contributed by atoms with E-state index >= 15 is 0 Å². The van der Waals surface area contributed by atoms with E-state index in [1.807, 2.05) is 24.3 Å². The van der Waals surface area contributed by atoms with Crippen LogP contribution in [0.15, 0.2) is 176 Å². The van der Waals surface area contributed by atoms with E-state index in [4.69, 9.17) is 0 Å². The highest BCUT2D eigenvalue weighted by Crippen LogP contribution is 2.41. The second-order valence-corrected chi connectivity index (χ2v) is 12.9. The zero-order chi connectivity index (χ0) is 33.2. The van der Waals surface area contributed by atoms with Crippen molar-refractivity contribution >= 4 is 54.4 Å². The van der Waals surface area contributed by atoms with Crippen LogP contribution in [0.2, 0.25) is 0 Å². The van der Waals surface area contributed by atoms with Crippen molar-refractivity contribution in [3.05, 3.63) is 181 Å². The zero-order valence-electron chi connectivity index (χ0n) is 27.1. The predicted molar refractivity (Wildman–Crippen MR) is 208 cm³/mol. The van der Waals surface area contributed by atoms with Gasteiger partial charge in [-0.25, -0.2) is 0 Å². The van der Waals surface area contributed by atoms with Crippen molar-refractivity contribution in [2.45, 2.75) is 0 Å². The Bertz CT molecular complexity index is 2970. The Kier molecular flexibility index (Phi) is 6.24. The highest BCUT2D eigenvalue weighted by Gasteiger charge is 2.18. The third-order valence-electron chi connectivity index (χ3n) is 10.1. The van der Waals surface area contributed by atoms with Crippen LogP contribution in [0.4, 0.5) is 0 Å². The van der Waals surface area contributed by atoms with E-state index in [0.29, 0.717) is 5.56 Å². The van der Waals surface area contributed by atoms with Crippen LogP contribution in [0.3, 0.4) is 0 Å². The van der Waals surface area contributed by atoms with E-state index in [9.17, 15) is 5.26 Å². The molecule has 0 amide bonds. The Labute approximate surface area is 289 Å². The Morgan fingerprint density at radius 3 is 1.82 bits per heavy atom. The average Bonchev–Trinajstić information content (AvgIpc) is 3.70. The Morgan fingerprint density at radius 2 is 1.00 bits per heavy atom. The summed E-state index contributed by atoms with van der Waals surface area (Å²) in [5.74, 6) is 0. The van der Waals surface area contributed by atoms with Gasteiger partial charge in [0, 0.05) is 32.9 Å². The molecular formula is C47H29N3. The van der Waals surface area contributed by atoms with Crippen molar-refractivity contribution in [3.63, 3.8) is 0 Å². The van der Waals surface area contributed by atoms with Crippen LogP contribution >= 0.6 is 0 Å². The van der Waals surface area contributed by atoms with Gasteiger partial charge >= 0.3 is 0 Å². The van der Waals surface area contributed by atoms with E-state index < -0.39 is 0 Å². The molecule has 10 rings (SSSR count). The molecule has 0 fully saturated rings. The lowest BCUT2D eigenvalue weighted by atomic mass is 9.98. The lowest BCUT2D eigenvalue weighted by Crippen LogP contribution is -1.94. The molecule has 2 heterocycles. The fourth-order valence-electron chi connectivity index (χ4n) is 7.82. The number of nitrogens with zero attached hydrogens (tertiary/aromatic N) is 3. The van der Waals surface area contributed by atoms with Gasteiger partial charge in [-0.05, 0) is 106 Å². The molecular weight excluding hydrogens is 607 g/mol. The van der Waals surface area contributed by atoms with Gasteiger partial charge in [0.2, 0.25) is 0 Å². The molecule has 0 aliphatic rings. The number of para-hydroxylation sites is 3. The lowest BCUT2D eigenvalue weighted by Gasteiger charge is -2.11. The number of hydrogen-bond donors (Lipinski definition) is 0. The van der Waals surface area contributed by atoms with E-state index in [1.165, 1.54) is 65.5 Å². The number of nitriles is 1. The molecule has 0 spiro atoms. The van der Waals surface area contributed by atoms with E-state index in [1.54, 1.807) is 0 Å². The summed E-state index contributed by atoms with van der Waals surface area (Å²) in [6.07, 6.45) is 0. The van der Waals surface area contributed by atoms with Crippen LogP contribution in [-0.4, -0.2) is 9.13 Å². The minimum atomic E-state index is 0.671. The highest BCUT2D eigenvalue weighted by atomic mass is 15.0. The summed E-state index contributed by atoms with van der Waals surface area (Å²) in [7, 11) is 0. The maximum Gasteiger partial charge on any atom is 0.0991 e. The molecule has 8 aromatic carbocycles.